The molecule has 3 nitrogen and oxygen atoms in total. The second-order valence-electron chi connectivity index (χ2n) is 5.33. The van der Waals surface area contributed by atoms with Crippen molar-refractivity contribution in [3.05, 3.63) is 35.9 Å². The molecule has 0 saturated carbocycles. The first-order valence-electron chi connectivity index (χ1n) is 6.86. The molecule has 1 aliphatic rings. The van der Waals surface area contributed by atoms with Gasteiger partial charge in [-0.25, -0.2) is 0 Å². The summed E-state index contributed by atoms with van der Waals surface area (Å²) in [4.78, 5) is 5.06. The Morgan fingerprint density at radius 1 is 1.28 bits per heavy atom. The van der Waals surface area contributed by atoms with Gasteiger partial charge in [0.2, 0.25) is 0 Å². The van der Waals surface area contributed by atoms with Crippen molar-refractivity contribution in [2.75, 3.05) is 40.3 Å². The van der Waals surface area contributed by atoms with E-state index in [9.17, 15) is 0 Å². The zero-order valence-corrected chi connectivity index (χ0v) is 11.8. The summed E-state index contributed by atoms with van der Waals surface area (Å²) in [5.41, 5.74) is 1.44. The van der Waals surface area contributed by atoms with Crippen LogP contribution < -0.4 is 5.32 Å². The van der Waals surface area contributed by atoms with Crippen LogP contribution in [0.4, 0.5) is 0 Å². The van der Waals surface area contributed by atoms with Gasteiger partial charge >= 0.3 is 0 Å². The quantitative estimate of drug-likeness (QED) is 0.871. The van der Waals surface area contributed by atoms with Crippen molar-refractivity contribution in [3.8, 4) is 0 Å². The lowest BCUT2D eigenvalue weighted by atomic mass is 10.0. The molecule has 1 heterocycles. The average Bonchev–Trinajstić information content (AvgIpc) is 2.40. The van der Waals surface area contributed by atoms with Crippen molar-refractivity contribution in [1.29, 1.82) is 0 Å². The molecule has 2 atom stereocenters. The van der Waals surface area contributed by atoms with Crippen LogP contribution in [0.1, 0.15) is 18.5 Å². The standard InChI is InChI=1S/C15H25N3/c1-13(11-16-2)18-10-9-17(3)12-15(18)14-7-5-4-6-8-14/h4-8,13,15-16H,9-12H2,1-3H3. The number of hydrogen-bond donors (Lipinski definition) is 1. The van der Waals surface area contributed by atoms with Gasteiger partial charge in [0.1, 0.15) is 0 Å². The smallest absolute Gasteiger partial charge is 0.0478 e. The molecule has 0 amide bonds. The van der Waals surface area contributed by atoms with Gasteiger partial charge in [-0.3, -0.25) is 4.90 Å². The molecular formula is C15H25N3. The summed E-state index contributed by atoms with van der Waals surface area (Å²) < 4.78 is 0. The predicted octanol–water partition coefficient (Wildman–Crippen LogP) is 1.58. The molecule has 1 N–H and O–H groups in total. The van der Waals surface area contributed by atoms with Gasteiger partial charge in [-0.2, -0.15) is 0 Å². The number of likely N-dealkylation sites (N-methyl/N-ethyl adjacent to an activating group) is 2. The Morgan fingerprint density at radius 3 is 2.67 bits per heavy atom. The second-order valence-corrected chi connectivity index (χ2v) is 5.33. The van der Waals surface area contributed by atoms with E-state index in [4.69, 9.17) is 0 Å². The summed E-state index contributed by atoms with van der Waals surface area (Å²) in [5, 5.41) is 3.29. The van der Waals surface area contributed by atoms with Crippen molar-refractivity contribution in [1.82, 2.24) is 15.1 Å². The van der Waals surface area contributed by atoms with Crippen molar-refractivity contribution in [2.45, 2.75) is 19.0 Å². The van der Waals surface area contributed by atoms with Crippen LogP contribution in [-0.2, 0) is 0 Å². The van der Waals surface area contributed by atoms with Crippen LogP contribution in [0.25, 0.3) is 0 Å². The third-order valence-electron chi connectivity index (χ3n) is 3.87. The molecule has 0 radical (unpaired) electrons. The van der Waals surface area contributed by atoms with Gasteiger partial charge in [-0.1, -0.05) is 30.3 Å². The fraction of sp³-hybridized carbons (Fsp3) is 0.600. The SMILES string of the molecule is CNCC(C)N1CCN(C)CC1c1ccccc1. The highest BCUT2D eigenvalue weighted by atomic mass is 15.3. The van der Waals surface area contributed by atoms with E-state index >= 15 is 0 Å². The molecule has 1 saturated heterocycles. The van der Waals surface area contributed by atoms with Crippen molar-refractivity contribution in [2.24, 2.45) is 0 Å². The fourth-order valence-electron chi connectivity index (χ4n) is 2.85. The molecule has 1 aromatic carbocycles. The Hall–Kier alpha value is -0.900. The van der Waals surface area contributed by atoms with Crippen LogP contribution in [0.2, 0.25) is 0 Å². The van der Waals surface area contributed by atoms with Crippen LogP contribution in [-0.4, -0.2) is 56.1 Å². The number of nitrogens with one attached hydrogen (secondary N) is 1. The Kier molecular flexibility index (Phi) is 4.75. The third kappa shape index (κ3) is 3.10. The lowest BCUT2D eigenvalue weighted by molar-refractivity contribution is 0.0581. The first-order chi connectivity index (χ1) is 8.72. The molecule has 3 heteroatoms. The van der Waals surface area contributed by atoms with E-state index in [1.165, 1.54) is 5.56 Å². The topological polar surface area (TPSA) is 18.5 Å². The Bertz CT molecular complexity index is 352. The molecule has 0 aromatic heterocycles. The minimum absolute atomic E-state index is 0.522. The van der Waals surface area contributed by atoms with Crippen LogP contribution >= 0.6 is 0 Å². The van der Waals surface area contributed by atoms with Gasteiger partial charge < -0.3 is 10.2 Å². The largest absolute Gasteiger partial charge is 0.318 e. The van der Waals surface area contributed by atoms with Gasteiger partial charge in [-0.15, -0.1) is 0 Å². The summed E-state index contributed by atoms with van der Waals surface area (Å²) in [6.45, 7) is 6.80. The molecule has 1 aromatic rings. The van der Waals surface area contributed by atoms with Crippen LogP contribution in [0.3, 0.4) is 0 Å². The number of piperazine rings is 1. The van der Waals surface area contributed by atoms with E-state index in [0.29, 0.717) is 12.1 Å². The Labute approximate surface area is 111 Å². The van der Waals surface area contributed by atoms with E-state index in [0.717, 1.165) is 26.2 Å². The molecule has 18 heavy (non-hydrogen) atoms. The number of rotatable bonds is 4. The first-order valence-corrected chi connectivity index (χ1v) is 6.86. The summed E-state index contributed by atoms with van der Waals surface area (Å²) in [6.07, 6.45) is 0. The van der Waals surface area contributed by atoms with E-state index in [2.05, 4.69) is 59.4 Å². The molecule has 1 aliphatic heterocycles. The second kappa shape index (κ2) is 6.32. The molecule has 0 bridgehead atoms. The van der Waals surface area contributed by atoms with E-state index in [-0.39, 0.29) is 0 Å². The normalized spacial score (nSPS) is 24.1. The zero-order valence-electron chi connectivity index (χ0n) is 11.8. The highest BCUT2D eigenvalue weighted by Gasteiger charge is 2.29. The lowest BCUT2D eigenvalue weighted by Gasteiger charge is -2.43. The van der Waals surface area contributed by atoms with Crippen molar-refractivity contribution < 1.29 is 0 Å². The summed E-state index contributed by atoms with van der Waals surface area (Å²) in [7, 11) is 4.25. The van der Waals surface area contributed by atoms with Crippen LogP contribution in [0, 0.1) is 0 Å². The average molecular weight is 247 g/mol. The van der Waals surface area contributed by atoms with Crippen LogP contribution in [0.5, 0.6) is 0 Å². The van der Waals surface area contributed by atoms with E-state index < -0.39 is 0 Å². The fourth-order valence-corrected chi connectivity index (χ4v) is 2.85. The highest BCUT2D eigenvalue weighted by molar-refractivity contribution is 5.20. The van der Waals surface area contributed by atoms with Gasteiger partial charge in [0, 0.05) is 38.3 Å². The van der Waals surface area contributed by atoms with Gasteiger partial charge in [0.25, 0.3) is 0 Å². The Balaban J connectivity index is 2.16. The number of benzene rings is 1. The Morgan fingerprint density at radius 2 is 2.00 bits per heavy atom. The number of nitrogens with zero attached hydrogens (tertiary/aromatic N) is 2. The van der Waals surface area contributed by atoms with Crippen LogP contribution in [0.15, 0.2) is 30.3 Å². The van der Waals surface area contributed by atoms with Gasteiger partial charge in [0.15, 0.2) is 0 Å². The molecule has 0 aliphatic carbocycles. The molecule has 2 unspecified atom stereocenters. The number of hydrogen-bond acceptors (Lipinski definition) is 3. The summed E-state index contributed by atoms with van der Waals surface area (Å²) in [6, 6.07) is 12.0. The maximum Gasteiger partial charge on any atom is 0.0478 e. The van der Waals surface area contributed by atoms with Gasteiger partial charge in [-0.05, 0) is 26.6 Å². The molecule has 0 spiro atoms. The maximum absolute atomic E-state index is 3.29. The molecular weight excluding hydrogens is 222 g/mol. The highest BCUT2D eigenvalue weighted by Crippen LogP contribution is 2.26. The maximum atomic E-state index is 3.29. The molecule has 2 rings (SSSR count). The third-order valence-corrected chi connectivity index (χ3v) is 3.87. The van der Waals surface area contributed by atoms with E-state index in [1.807, 2.05) is 7.05 Å². The van der Waals surface area contributed by atoms with Crippen molar-refractivity contribution in [3.63, 3.8) is 0 Å². The minimum atomic E-state index is 0.522. The minimum Gasteiger partial charge on any atom is -0.318 e. The van der Waals surface area contributed by atoms with Gasteiger partial charge in [0.05, 0.1) is 0 Å². The summed E-state index contributed by atoms with van der Waals surface area (Å²) in [5.74, 6) is 0. The monoisotopic (exact) mass is 247 g/mol. The van der Waals surface area contributed by atoms with E-state index in [1.54, 1.807) is 0 Å². The predicted molar refractivity (Wildman–Crippen MR) is 76.8 cm³/mol. The lowest BCUT2D eigenvalue weighted by Crippen LogP contribution is -2.52. The van der Waals surface area contributed by atoms with Crippen molar-refractivity contribution >= 4 is 0 Å². The molecule has 100 valence electrons. The summed E-state index contributed by atoms with van der Waals surface area (Å²) >= 11 is 0. The molecule has 1 fully saturated rings. The first kappa shape index (κ1) is 13.5. The zero-order chi connectivity index (χ0) is 13.0.